The lowest BCUT2D eigenvalue weighted by atomic mass is 9.98. The number of aliphatic hydroxyl groups is 2. The topological polar surface area (TPSA) is 175 Å². The second-order valence-electron chi connectivity index (χ2n) is 21.4. The second-order valence-corrected chi connectivity index (χ2v) is 21.4. The summed E-state index contributed by atoms with van der Waals surface area (Å²) in [4.78, 5) is 51.1. The summed E-state index contributed by atoms with van der Waals surface area (Å²) in [6.07, 6.45) is 43.2. The summed E-state index contributed by atoms with van der Waals surface area (Å²) in [7, 11) is 0. The van der Waals surface area contributed by atoms with Gasteiger partial charge in [0, 0.05) is 19.3 Å². The summed E-state index contributed by atoms with van der Waals surface area (Å²) in [5.41, 5.74) is 0. The molecule has 1 aliphatic rings. The summed E-state index contributed by atoms with van der Waals surface area (Å²) >= 11 is 0. The van der Waals surface area contributed by atoms with Gasteiger partial charge in [-0.15, -0.1) is 0 Å². The number of allylic oxidation sites excluding steroid dienone is 2. The first-order chi connectivity index (χ1) is 35.6. The van der Waals surface area contributed by atoms with Gasteiger partial charge in [0.1, 0.15) is 18.8 Å². The van der Waals surface area contributed by atoms with E-state index in [1.54, 1.807) is 0 Å². The third kappa shape index (κ3) is 40.4. The van der Waals surface area contributed by atoms with E-state index in [-0.39, 0.29) is 25.9 Å². The van der Waals surface area contributed by atoms with E-state index >= 15 is 0 Å². The van der Waals surface area contributed by atoms with Crippen LogP contribution in [0, 0.1) is 0 Å². The van der Waals surface area contributed by atoms with E-state index in [1.807, 2.05) is 0 Å². The monoisotopic (exact) mass is 1040 g/mol. The molecule has 1 rings (SSSR count). The molecule has 1 saturated heterocycles. The number of rotatable bonds is 53. The van der Waals surface area contributed by atoms with Crippen molar-refractivity contribution in [2.24, 2.45) is 0 Å². The number of aliphatic carboxylic acids is 1. The maximum absolute atomic E-state index is 13.2. The highest BCUT2D eigenvalue weighted by molar-refractivity contribution is 5.74. The number of esters is 3. The van der Waals surface area contributed by atoms with Crippen LogP contribution in [0.3, 0.4) is 0 Å². The zero-order chi connectivity index (χ0) is 53.3. The van der Waals surface area contributed by atoms with Crippen LogP contribution < -0.4 is 0 Å². The minimum absolute atomic E-state index is 0.0678. The molecule has 3 N–H and O–H groups in total. The summed E-state index contributed by atoms with van der Waals surface area (Å²) in [5, 5.41) is 31.5. The summed E-state index contributed by atoms with van der Waals surface area (Å²) < 4.78 is 28.5. The van der Waals surface area contributed by atoms with Crippen molar-refractivity contribution in [2.75, 3.05) is 13.2 Å². The normalized spacial score (nSPS) is 18.3. The van der Waals surface area contributed by atoms with Gasteiger partial charge in [-0.1, -0.05) is 251 Å². The molecule has 0 spiro atoms. The molecule has 0 aliphatic carbocycles. The average molecular weight is 1040 g/mol. The van der Waals surface area contributed by atoms with E-state index in [0.717, 1.165) is 77.0 Å². The first kappa shape index (κ1) is 68.5. The molecular weight excluding hydrogens is 925 g/mol. The number of carbonyl (C=O) groups excluding carboxylic acids is 3. The average Bonchev–Trinajstić information content (AvgIpc) is 3.37. The van der Waals surface area contributed by atoms with Crippen LogP contribution in [-0.4, -0.2) is 89.2 Å². The van der Waals surface area contributed by atoms with Crippen molar-refractivity contribution in [1.29, 1.82) is 0 Å². The predicted octanol–water partition coefficient (Wildman–Crippen LogP) is 15.7. The molecule has 1 fully saturated rings. The minimum atomic E-state index is -1.90. The molecule has 0 saturated carbocycles. The lowest BCUT2D eigenvalue weighted by Crippen LogP contribution is -2.61. The van der Waals surface area contributed by atoms with E-state index in [2.05, 4.69) is 32.9 Å². The van der Waals surface area contributed by atoms with Gasteiger partial charge in [-0.2, -0.15) is 0 Å². The fourth-order valence-electron chi connectivity index (χ4n) is 9.60. The molecule has 6 atom stereocenters. The van der Waals surface area contributed by atoms with Gasteiger partial charge in [0.15, 0.2) is 24.6 Å². The van der Waals surface area contributed by atoms with Crippen LogP contribution >= 0.6 is 0 Å². The van der Waals surface area contributed by atoms with E-state index in [9.17, 15) is 34.5 Å². The predicted molar refractivity (Wildman–Crippen MR) is 294 cm³/mol. The fourth-order valence-corrected chi connectivity index (χ4v) is 9.60. The van der Waals surface area contributed by atoms with Crippen LogP contribution in [0.15, 0.2) is 12.2 Å². The molecule has 0 aromatic rings. The highest BCUT2D eigenvalue weighted by atomic mass is 16.7. The Hall–Kier alpha value is -2.54. The van der Waals surface area contributed by atoms with Crippen LogP contribution in [-0.2, 0) is 42.9 Å². The second kappa shape index (κ2) is 50.3. The van der Waals surface area contributed by atoms with Crippen molar-refractivity contribution in [2.45, 2.75) is 340 Å². The Morgan fingerprint density at radius 1 is 0.438 bits per heavy atom. The molecule has 12 heteroatoms. The number of carboxylic acids is 1. The molecule has 0 radical (unpaired) electrons. The molecule has 0 aromatic carbocycles. The van der Waals surface area contributed by atoms with Crippen LogP contribution in [0.25, 0.3) is 0 Å². The molecular formula is C61H112O12. The Labute approximate surface area is 446 Å². The largest absolute Gasteiger partial charge is 0.479 e. The molecule has 428 valence electrons. The highest BCUT2D eigenvalue weighted by Crippen LogP contribution is 2.27. The number of ether oxygens (including phenoxy) is 5. The van der Waals surface area contributed by atoms with Crippen molar-refractivity contribution >= 4 is 23.9 Å². The van der Waals surface area contributed by atoms with Gasteiger partial charge in [0.2, 0.25) is 0 Å². The van der Waals surface area contributed by atoms with Gasteiger partial charge < -0.3 is 39.0 Å². The van der Waals surface area contributed by atoms with E-state index in [0.29, 0.717) is 19.3 Å². The van der Waals surface area contributed by atoms with Crippen molar-refractivity contribution in [1.82, 2.24) is 0 Å². The Bertz CT molecular complexity index is 1320. The smallest absolute Gasteiger partial charge is 0.335 e. The number of hydrogen-bond acceptors (Lipinski definition) is 11. The fraction of sp³-hybridized carbons (Fsp3) is 0.902. The highest BCUT2D eigenvalue weighted by Gasteiger charge is 2.50. The first-order valence-corrected chi connectivity index (χ1v) is 30.7. The van der Waals surface area contributed by atoms with Crippen molar-refractivity contribution in [3.8, 4) is 0 Å². The van der Waals surface area contributed by atoms with Gasteiger partial charge in [-0.25, -0.2) is 4.79 Å². The van der Waals surface area contributed by atoms with Gasteiger partial charge >= 0.3 is 23.9 Å². The summed E-state index contributed by atoms with van der Waals surface area (Å²) in [5.74, 6) is -3.09. The molecule has 0 bridgehead atoms. The van der Waals surface area contributed by atoms with Crippen molar-refractivity contribution < 1.29 is 58.2 Å². The zero-order valence-corrected chi connectivity index (χ0v) is 47.2. The number of carbonyl (C=O) groups is 4. The van der Waals surface area contributed by atoms with Crippen LogP contribution in [0.1, 0.15) is 303 Å². The van der Waals surface area contributed by atoms with Crippen LogP contribution in [0.4, 0.5) is 0 Å². The molecule has 12 nitrogen and oxygen atoms in total. The third-order valence-corrected chi connectivity index (χ3v) is 14.3. The molecule has 0 aromatic heterocycles. The quantitative estimate of drug-likeness (QED) is 0.0228. The Kier molecular flexibility index (Phi) is 47.2. The van der Waals surface area contributed by atoms with E-state index in [4.69, 9.17) is 23.7 Å². The maximum Gasteiger partial charge on any atom is 0.335 e. The Morgan fingerprint density at radius 3 is 1.16 bits per heavy atom. The Balaban J connectivity index is 2.67. The maximum atomic E-state index is 13.2. The van der Waals surface area contributed by atoms with Gasteiger partial charge in [-0.05, 0) is 44.9 Å². The van der Waals surface area contributed by atoms with Gasteiger partial charge in [-0.3, -0.25) is 14.4 Å². The molecule has 1 heterocycles. The molecule has 73 heavy (non-hydrogen) atoms. The van der Waals surface area contributed by atoms with E-state index < -0.39 is 67.3 Å². The first-order valence-electron chi connectivity index (χ1n) is 30.7. The number of unbranched alkanes of at least 4 members (excludes halogenated alkanes) is 37. The zero-order valence-electron chi connectivity index (χ0n) is 47.2. The van der Waals surface area contributed by atoms with Gasteiger partial charge in [0.25, 0.3) is 0 Å². The van der Waals surface area contributed by atoms with Crippen LogP contribution in [0.5, 0.6) is 0 Å². The molecule has 0 amide bonds. The minimum Gasteiger partial charge on any atom is -0.479 e. The summed E-state index contributed by atoms with van der Waals surface area (Å²) in [6.45, 7) is 6.02. The lowest BCUT2D eigenvalue weighted by Gasteiger charge is -2.40. The van der Waals surface area contributed by atoms with E-state index in [1.165, 1.54) is 167 Å². The standard InChI is InChI=1S/C61H112O12/c1-4-7-10-13-16-19-22-25-27-30-32-35-38-41-44-47-53(62)69-50-52(71-54(63)48-45-42-39-36-34-31-28-26-23-20-17-14-11-8-5-2)51-70-61-59(57(66)56(65)58(73-61)60(67)68)72-55(64)49-46-43-40-37-33-29-24-21-18-15-12-9-6-3/h25,27,52,56-59,61,65-66H,4-24,26,28-51H2,1-3H3,(H,67,68)/b27-25-. The summed E-state index contributed by atoms with van der Waals surface area (Å²) in [6, 6.07) is 0. The molecule has 6 unspecified atom stereocenters. The Morgan fingerprint density at radius 2 is 0.781 bits per heavy atom. The number of carboxylic acid groups (broad SMARTS) is 1. The van der Waals surface area contributed by atoms with Crippen LogP contribution in [0.2, 0.25) is 0 Å². The van der Waals surface area contributed by atoms with Crippen molar-refractivity contribution in [3.05, 3.63) is 12.2 Å². The SMILES string of the molecule is CCCCCCCC/C=C\CCCCCCCC(=O)OCC(COC1OC(C(=O)O)C(O)C(O)C1OC(=O)CCCCCCCCCCCCCCC)OC(=O)CCCCCCCCCCCCCCCCC. The van der Waals surface area contributed by atoms with Gasteiger partial charge in [0.05, 0.1) is 6.61 Å². The molecule has 1 aliphatic heterocycles. The lowest BCUT2D eigenvalue weighted by molar-refractivity contribution is -0.301. The third-order valence-electron chi connectivity index (χ3n) is 14.3. The number of aliphatic hydroxyl groups excluding tert-OH is 2. The van der Waals surface area contributed by atoms with Crippen molar-refractivity contribution in [3.63, 3.8) is 0 Å². The number of hydrogen-bond donors (Lipinski definition) is 3.